The number of rotatable bonds is 3. The van der Waals surface area contributed by atoms with E-state index in [-0.39, 0.29) is 5.38 Å². The maximum Gasteiger partial charge on any atom is 0.124 e. The summed E-state index contributed by atoms with van der Waals surface area (Å²) in [5.41, 5.74) is 3.01. The van der Waals surface area contributed by atoms with Gasteiger partial charge in [-0.25, -0.2) is 0 Å². The number of hydrogen-bond donors (Lipinski definition) is 0. The van der Waals surface area contributed by atoms with Crippen molar-refractivity contribution < 1.29 is 4.74 Å². The van der Waals surface area contributed by atoms with Gasteiger partial charge in [-0.3, -0.25) is 0 Å². The largest absolute Gasteiger partial charge is 0.496 e. The van der Waals surface area contributed by atoms with Crippen molar-refractivity contribution in [1.82, 2.24) is 0 Å². The molecule has 1 atom stereocenters. The van der Waals surface area contributed by atoms with E-state index >= 15 is 0 Å². The lowest BCUT2D eigenvalue weighted by Gasteiger charge is -2.17. The molecule has 20 heavy (non-hydrogen) atoms. The Labute approximate surface area is 150 Å². The lowest BCUT2D eigenvalue weighted by Crippen LogP contribution is -2.00. The van der Waals surface area contributed by atoms with Crippen molar-refractivity contribution in [3.05, 3.63) is 60.1 Å². The van der Waals surface area contributed by atoms with Crippen LogP contribution in [0.1, 0.15) is 22.1 Å². The summed E-state index contributed by atoms with van der Waals surface area (Å²) in [6, 6.07) is 9.70. The second kappa shape index (κ2) is 6.86. The fourth-order valence-corrected chi connectivity index (χ4v) is 3.65. The number of benzene rings is 2. The zero-order valence-corrected chi connectivity index (χ0v) is 16.1. The molecule has 106 valence electrons. The van der Waals surface area contributed by atoms with E-state index in [0.717, 1.165) is 30.5 Å². The summed E-state index contributed by atoms with van der Waals surface area (Å²) in [5.74, 6) is 0.779. The molecular formula is C15H12BrCl2IO. The zero-order chi connectivity index (χ0) is 14.9. The molecule has 0 aliphatic carbocycles. The zero-order valence-electron chi connectivity index (χ0n) is 10.9. The number of aryl methyl sites for hydroxylation is 1. The molecule has 0 saturated carbocycles. The highest BCUT2D eigenvalue weighted by Crippen LogP contribution is 2.40. The Balaban J connectivity index is 2.55. The minimum Gasteiger partial charge on any atom is -0.496 e. The molecule has 0 fully saturated rings. The van der Waals surface area contributed by atoms with Gasteiger partial charge in [-0.1, -0.05) is 27.5 Å². The topological polar surface area (TPSA) is 9.23 Å². The van der Waals surface area contributed by atoms with Gasteiger partial charge in [0.05, 0.1) is 12.5 Å². The summed E-state index contributed by atoms with van der Waals surface area (Å²) < 4.78 is 7.54. The SMILES string of the molecule is COc1cc(C)c(Br)cc1C(Cl)c1cc(Cl)ccc1I. The third-order valence-corrected chi connectivity index (χ3v) is 5.56. The monoisotopic (exact) mass is 484 g/mol. The van der Waals surface area contributed by atoms with Gasteiger partial charge in [0.2, 0.25) is 0 Å². The number of halogens is 4. The van der Waals surface area contributed by atoms with Crippen LogP contribution in [-0.2, 0) is 0 Å². The van der Waals surface area contributed by atoms with Gasteiger partial charge in [-0.05, 0) is 71.0 Å². The van der Waals surface area contributed by atoms with E-state index in [0.29, 0.717) is 5.02 Å². The van der Waals surface area contributed by atoms with Crippen molar-refractivity contribution in [3.63, 3.8) is 0 Å². The minimum absolute atomic E-state index is 0.313. The van der Waals surface area contributed by atoms with Crippen LogP contribution in [0.2, 0.25) is 5.02 Å². The molecule has 0 radical (unpaired) electrons. The third-order valence-electron chi connectivity index (χ3n) is 3.02. The molecule has 1 unspecified atom stereocenters. The Morgan fingerprint density at radius 2 is 1.90 bits per heavy atom. The van der Waals surface area contributed by atoms with E-state index in [9.17, 15) is 0 Å². The lowest BCUT2D eigenvalue weighted by molar-refractivity contribution is 0.409. The lowest BCUT2D eigenvalue weighted by atomic mass is 10.0. The molecule has 0 aliphatic rings. The smallest absolute Gasteiger partial charge is 0.124 e. The maximum atomic E-state index is 6.65. The summed E-state index contributed by atoms with van der Waals surface area (Å²) in [5, 5.41) is 0.365. The molecule has 5 heteroatoms. The predicted octanol–water partition coefficient (Wildman–Crippen LogP) is 6.35. The average Bonchev–Trinajstić information content (AvgIpc) is 2.43. The van der Waals surface area contributed by atoms with Gasteiger partial charge in [-0.15, -0.1) is 11.6 Å². The quantitative estimate of drug-likeness (QED) is 0.363. The molecule has 2 aromatic carbocycles. The molecule has 0 saturated heterocycles. The van der Waals surface area contributed by atoms with Crippen LogP contribution in [0.5, 0.6) is 5.75 Å². The average molecular weight is 486 g/mol. The van der Waals surface area contributed by atoms with Gasteiger partial charge in [0.1, 0.15) is 5.75 Å². The summed E-state index contributed by atoms with van der Waals surface area (Å²) in [6.07, 6.45) is 0. The molecule has 1 nitrogen and oxygen atoms in total. The van der Waals surface area contributed by atoms with Gasteiger partial charge < -0.3 is 4.74 Å². The molecule has 0 amide bonds. The first kappa shape index (κ1) is 16.4. The van der Waals surface area contributed by atoms with Crippen molar-refractivity contribution in [1.29, 1.82) is 0 Å². The highest BCUT2D eigenvalue weighted by atomic mass is 127. The molecule has 0 heterocycles. The number of hydrogen-bond acceptors (Lipinski definition) is 1. The van der Waals surface area contributed by atoms with Gasteiger partial charge in [-0.2, -0.15) is 0 Å². The van der Waals surface area contributed by atoms with Crippen LogP contribution in [0.25, 0.3) is 0 Å². The number of alkyl halides is 1. The summed E-state index contributed by atoms with van der Waals surface area (Å²) in [4.78, 5) is 0. The summed E-state index contributed by atoms with van der Waals surface area (Å²) >= 11 is 18.5. The molecule has 2 aromatic rings. The molecule has 0 spiro atoms. The first-order valence-corrected chi connectivity index (χ1v) is 8.55. The van der Waals surface area contributed by atoms with Crippen molar-refractivity contribution in [3.8, 4) is 5.75 Å². The van der Waals surface area contributed by atoms with E-state index < -0.39 is 0 Å². The van der Waals surface area contributed by atoms with Crippen LogP contribution in [0.3, 0.4) is 0 Å². The van der Waals surface area contributed by atoms with Crippen LogP contribution in [0, 0.1) is 10.5 Å². The highest BCUT2D eigenvalue weighted by Gasteiger charge is 2.19. The van der Waals surface area contributed by atoms with Crippen LogP contribution in [0.15, 0.2) is 34.8 Å². The summed E-state index contributed by atoms with van der Waals surface area (Å²) in [6.45, 7) is 2.02. The summed E-state index contributed by atoms with van der Waals surface area (Å²) in [7, 11) is 1.65. The van der Waals surface area contributed by atoms with E-state index in [2.05, 4.69) is 38.5 Å². The van der Waals surface area contributed by atoms with Gasteiger partial charge >= 0.3 is 0 Å². The fraction of sp³-hybridized carbons (Fsp3) is 0.200. The van der Waals surface area contributed by atoms with E-state index in [1.54, 1.807) is 7.11 Å². The fourth-order valence-electron chi connectivity index (χ4n) is 1.92. The normalized spacial score (nSPS) is 12.3. The molecule has 2 rings (SSSR count). The van der Waals surface area contributed by atoms with Crippen molar-refractivity contribution in [2.75, 3.05) is 7.11 Å². The van der Waals surface area contributed by atoms with Gasteiger partial charge in [0.15, 0.2) is 0 Å². The Hall–Kier alpha value is 0.0300. The standard InChI is InChI=1S/C15H12BrCl2IO/c1-8-5-14(20-2)11(7-12(8)16)15(18)10-6-9(17)3-4-13(10)19/h3-7,15H,1-2H3. The Bertz CT molecular complexity index is 646. The first-order chi connectivity index (χ1) is 9.43. The van der Waals surface area contributed by atoms with E-state index in [4.69, 9.17) is 27.9 Å². The minimum atomic E-state index is -0.313. The highest BCUT2D eigenvalue weighted by molar-refractivity contribution is 14.1. The van der Waals surface area contributed by atoms with E-state index in [1.165, 1.54) is 0 Å². The van der Waals surface area contributed by atoms with Crippen LogP contribution < -0.4 is 4.74 Å². The Morgan fingerprint density at radius 1 is 1.20 bits per heavy atom. The molecule has 0 aliphatic heterocycles. The predicted molar refractivity (Wildman–Crippen MR) is 97.3 cm³/mol. The molecular weight excluding hydrogens is 474 g/mol. The second-order valence-electron chi connectivity index (χ2n) is 4.37. The first-order valence-electron chi connectivity index (χ1n) is 5.87. The van der Waals surface area contributed by atoms with Crippen LogP contribution >= 0.6 is 61.7 Å². The number of ether oxygens (including phenoxy) is 1. The molecule has 0 bridgehead atoms. The van der Waals surface area contributed by atoms with Crippen LogP contribution in [0.4, 0.5) is 0 Å². The van der Waals surface area contributed by atoms with Crippen molar-refractivity contribution in [2.24, 2.45) is 0 Å². The van der Waals surface area contributed by atoms with Crippen molar-refractivity contribution >= 4 is 61.7 Å². The number of methoxy groups -OCH3 is 1. The maximum absolute atomic E-state index is 6.65. The van der Waals surface area contributed by atoms with E-state index in [1.807, 2.05) is 37.3 Å². The Morgan fingerprint density at radius 3 is 2.55 bits per heavy atom. The van der Waals surface area contributed by atoms with Crippen LogP contribution in [-0.4, -0.2) is 7.11 Å². The van der Waals surface area contributed by atoms with Gasteiger partial charge in [0, 0.05) is 18.6 Å². The molecule has 0 aromatic heterocycles. The van der Waals surface area contributed by atoms with Crippen molar-refractivity contribution in [2.45, 2.75) is 12.3 Å². The third kappa shape index (κ3) is 3.43. The van der Waals surface area contributed by atoms with Gasteiger partial charge in [0.25, 0.3) is 0 Å². The second-order valence-corrected chi connectivity index (χ2v) is 7.26. The molecule has 0 N–H and O–H groups in total. The Kier molecular flexibility index (Phi) is 5.63.